The van der Waals surface area contributed by atoms with E-state index in [0.29, 0.717) is 12.3 Å². The summed E-state index contributed by atoms with van der Waals surface area (Å²) in [5.41, 5.74) is 1.69. The zero-order chi connectivity index (χ0) is 17.4. The summed E-state index contributed by atoms with van der Waals surface area (Å²) in [4.78, 5) is 26.8. The second-order valence-electron chi connectivity index (χ2n) is 7.33. The van der Waals surface area contributed by atoms with Gasteiger partial charge in [0.15, 0.2) is 0 Å². The van der Waals surface area contributed by atoms with Crippen LogP contribution in [0.5, 0.6) is 0 Å². The molecule has 3 amide bonds. The molecule has 1 spiro atoms. The molecule has 3 heterocycles. The van der Waals surface area contributed by atoms with Gasteiger partial charge in [0.1, 0.15) is 5.54 Å². The fourth-order valence-corrected chi connectivity index (χ4v) is 5.39. The molecule has 5 nitrogen and oxygen atoms in total. The van der Waals surface area contributed by atoms with Crippen LogP contribution in [0, 0.1) is 12.8 Å². The molecule has 3 aliphatic rings. The summed E-state index contributed by atoms with van der Waals surface area (Å²) in [6.07, 6.45) is 2.63. The number of nitrogens with one attached hydrogen (secondary N) is 1. The number of hydrogen-bond acceptors (Lipinski definition) is 4. The number of carbonyl (C=O) groups excluding carboxylic acids is 2. The van der Waals surface area contributed by atoms with Gasteiger partial charge in [-0.3, -0.25) is 9.69 Å². The maximum absolute atomic E-state index is 12.9. The van der Waals surface area contributed by atoms with Gasteiger partial charge in [-0.15, -0.1) is 0 Å². The van der Waals surface area contributed by atoms with Gasteiger partial charge >= 0.3 is 6.03 Å². The van der Waals surface area contributed by atoms with Gasteiger partial charge in [-0.1, -0.05) is 29.8 Å². The first-order valence-corrected chi connectivity index (χ1v) is 10.1. The van der Waals surface area contributed by atoms with Crippen molar-refractivity contribution in [2.75, 3.05) is 24.7 Å². The zero-order valence-corrected chi connectivity index (χ0v) is 15.3. The van der Waals surface area contributed by atoms with Gasteiger partial charge < -0.3 is 10.1 Å². The molecule has 4 rings (SSSR count). The van der Waals surface area contributed by atoms with Crippen molar-refractivity contribution in [3.63, 3.8) is 0 Å². The van der Waals surface area contributed by atoms with Crippen LogP contribution in [0.1, 0.15) is 36.5 Å². The summed E-state index contributed by atoms with van der Waals surface area (Å²) in [7, 11) is 0. The third-order valence-electron chi connectivity index (χ3n) is 5.54. The minimum absolute atomic E-state index is 0.0456. The van der Waals surface area contributed by atoms with E-state index < -0.39 is 5.54 Å². The van der Waals surface area contributed by atoms with E-state index in [4.69, 9.17) is 4.74 Å². The average molecular weight is 360 g/mol. The molecule has 25 heavy (non-hydrogen) atoms. The van der Waals surface area contributed by atoms with Crippen molar-refractivity contribution < 1.29 is 14.3 Å². The Balaban J connectivity index is 1.52. The van der Waals surface area contributed by atoms with E-state index in [1.54, 1.807) is 11.8 Å². The Morgan fingerprint density at radius 2 is 2.12 bits per heavy atom. The third kappa shape index (κ3) is 3.06. The van der Waals surface area contributed by atoms with Crippen LogP contribution in [0.4, 0.5) is 4.79 Å². The molecule has 0 aromatic heterocycles. The largest absolute Gasteiger partial charge is 0.373 e. The Morgan fingerprint density at radius 1 is 1.32 bits per heavy atom. The molecule has 3 saturated heterocycles. The Bertz CT molecular complexity index is 670. The smallest absolute Gasteiger partial charge is 0.325 e. The Labute approximate surface area is 152 Å². The number of amides is 3. The number of thioether (sulfide) groups is 1. The van der Waals surface area contributed by atoms with Gasteiger partial charge in [0.25, 0.3) is 5.91 Å². The number of imide groups is 1. The average Bonchev–Trinajstić information content (AvgIpc) is 3.17. The summed E-state index contributed by atoms with van der Waals surface area (Å²) in [6, 6.07) is 8.13. The molecule has 0 radical (unpaired) electrons. The molecule has 1 aromatic carbocycles. The van der Waals surface area contributed by atoms with Gasteiger partial charge in [0.05, 0.1) is 6.10 Å². The highest BCUT2D eigenvalue weighted by molar-refractivity contribution is 7.99. The first kappa shape index (κ1) is 16.9. The topological polar surface area (TPSA) is 58.6 Å². The van der Waals surface area contributed by atoms with E-state index in [9.17, 15) is 9.59 Å². The van der Waals surface area contributed by atoms with E-state index in [2.05, 4.69) is 36.5 Å². The zero-order valence-electron chi connectivity index (χ0n) is 14.5. The summed E-state index contributed by atoms with van der Waals surface area (Å²) < 4.78 is 6.04. The molecule has 134 valence electrons. The predicted octanol–water partition coefficient (Wildman–Crippen LogP) is 2.89. The minimum Gasteiger partial charge on any atom is -0.373 e. The molecule has 0 saturated carbocycles. The maximum atomic E-state index is 12.9. The number of benzene rings is 1. The van der Waals surface area contributed by atoms with Crippen LogP contribution in [-0.2, 0) is 9.53 Å². The highest BCUT2D eigenvalue weighted by atomic mass is 32.2. The number of carbonyl (C=O) groups is 2. The van der Waals surface area contributed by atoms with Crippen molar-refractivity contribution in [3.8, 4) is 0 Å². The normalized spacial score (nSPS) is 32.4. The van der Waals surface area contributed by atoms with Crippen molar-refractivity contribution in [1.82, 2.24) is 10.2 Å². The number of nitrogens with zero attached hydrogens (tertiary/aromatic N) is 1. The lowest BCUT2D eigenvalue weighted by molar-refractivity contribution is -0.132. The summed E-state index contributed by atoms with van der Waals surface area (Å²) in [6.45, 7) is 3.24. The second-order valence-corrected chi connectivity index (χ2v) is 8.44. The molecular formula is C19H24N2O3S. The minimum atomic E-state index is -0.656. The van der Waals surface area contributed by atoms with Crippen LogP contribution in [0.15, 0.2) is 24.3 Å². The van der Waals surface area contributed by atoms with E-state index in [1.165, 1.54) is 10.5 Å². The van der Waals surface area contributed by atoms with Crippen LogP contribution in [0.3, 0.4) is 0 Å². The molecule has 0 bridgehead atoms. The number of ether oxygens (including phenoxy) is 1. The lowest BCUT2D eigenvalue weighted by Crippen LogP contribution is -2.47. The molecule has 1 aromatic rings. The summed E-state index contributed by atoms with van der Waals surface area (Å²) in [5, 5.41) is 2.96. The number of aryl methyl sites for hydroxylation is 1. The molecule has 0 aliphatic carbocycles. The number of hydrogen-bond donors (Lipinski definition) is 1. The first-order chi connectivity index (χ1) is 12.1. The molecule has 3 fully saturated rings. The summed E-state index contributed by atoms with van der Waals surface area (Å²) in [5.74, 6) is 1.72. The van der Waals surface area contributed by atoms with Gasteiger partial charge in [-0.25, -0.2) is 4.79 Å². The third-order valence-corrected chi connectivity index (χ3v) is 6.73. The van der Waals surface area contributed by atoms with E-state index in [0.717, 1.165) is 37.2 Å². The SMILES string of the molecule is Cc1ccc([C@@H]2OCCC[C@@H]2CN2C(=O)N[C@@]3(CCSC3)C2=O)cc1. The van der Waals surface area contributed by atoms with Gasteiger partial charge in [0, 0.05) is 24.8 Å². The standard InChI is InChI=1S/C19H24N2O3S/c1-13-4-6-14(7-5-13)16-15(3-2-9-24-16)11-21-17(22)19(20-18(21)23)8-10-25-12-19/h4-7,15-16H,2-3,8-12H2,1H3,(H,20,23)/t15-,16+,19-/m1/s1. The maximum Gasteiger partial charge on any atom is 0.325 e. The molecule has 6 heteroatoms. The fourth-order valence-electron chi connectivity index (χ4n) is 4.06. The van der Waals surface area contributed by atoms with Crippen LogP contribution >= 0.6 is 11.8 Å². The van der Waals surface area contributed by atoms with Crippen molar-refractivity contribution in [3.05, 3.63) is 35.4 Å². The Kier molecular flexibility index (Phi) is 4.50. The second kappa shape index (κ2) is 6.65. The Morgan fingerprint density at radius 3 is 2.84 bits per heavy atom. The number of rotatable bonds is 3. The van der Waals surface area contributed by atoms with Gasteiger partial charge in [0.2, 0.25) is 0 Å². The van der Waals surface area contributed by atoms with E-state index in [-0.39, 0.29) is 24.0 Å². The van der Waals surface area contributed by atoms with Crippen molar-refractivity contribution >= 4 is 23.7 Å². The first-order valence-electron chi connectivity index (χ1n) is 8.99. The summed E-state index contributed by atoms with van der Waals surface area (Å²) >= 11 is 1.74. The van der Waals surface area contributed by atoms with Crippen molar-refractivity contribution in [2.24, 2.45) is 5.92 Å². The van der Waals surface area contributed by atoms with Crippen LogP contribution in [0.25, 0.3) is 0 Å². The van der Waals surface area contributed by atoms with Crippen molar-refractivity contribution in [1.29, 1.82) is 0 Å². The number of urea groups is 1. The molecule has 3 atom stereocenters. The predicted molar refractivity (Wildman–Crippen MR) is 97.5 cm³/mol. The molecule has 1 N–H and O–H groups in total. The quantitative estimate of drug-likeness (QED) is 0.842. The highest BCUT2D eigenvalue weighted by Gasteiger charge is 2.53. The fraction of sp³-hybridized carbons (Fsp3) is 0.579. The highest BCUT2D eigenvalue weighted by Crippen LogP contribution is 2.38. The van der Waals surface area contributed by atoms with Gasteiger partial charge in [-0.2, -0.15) is 11.8 Å². The molecule has 3 aliphatic heterocycles. The lowest BCUT2D eigenvalue weighted by Gasteiger charge is -2.34. The van der Waals surface area contributed by atoms with Crippen LogP contribution in [-0.4, -0.2) is 47.0 Å². The molecule has 0 unspecified atom stereocenters. The van der Waals surface area contributed by atoms with Crippen LogP contribution in [0.2, 0.25) is 0 Å². The van der Waals surface area contributed by atoms with E-state index in [1.807, 2.05) is 0 Å². The lowest BCUT2D eigenvalue weighted by atomic mass is 9.88. The van der Waals surface area contributed by atoms with Crippen molar-refractivity contribution in [2.45, 2.75) is 37.8 Å². The monoisotopic (exact) mass is 360 g/mol. The van der Waals surface area contributed by atoms with E-state index >= 15 is 0 Å². The Hall–Kier alpha value is -1.53. The van der Waals surface area contributed by atoms with Gasteiger partial charge in [-0.05, 0) is 37.5 Å². The molecular weight excluding hydrogens is 336 g/mol. The van der Waals surface area contributed by atoms with Crippen LogP contribution < -0.4 is 5.32 Å².